The van der Waals surface area contributed by atoms with Crippen LogP contribution in [0.25, 0.3) is 0 Å². The number of carbonyl (C=O) groups excluding carboxylic acids is 2. The molecule has 0 aromatic rings. The predicted octanol–water partition coefficient (Wildman–Crippen LogP) is 4.77. The van der Waals surface area contributed by atoms with Gasteiger partial charge in [-0.1, -0.05) is 13.8 Å². The molecule has 1 N–H and O–H groups in total. The molecule has 0 aromatic heterocycles. The lowest BCUT2D eigenvalue weighted by atomic mass is 9.47. The average molecular weight is 403 g/mol. The summed E-state index contributed by atoms with van der Waals surface area (Å²) in [5.74, 6) is 2.96. The molecule has 3 saturated carbocycles. The van der Waals surface area contributed by atoms with Gasteiger partial charge < -0.3 is 10.2 Å². The maximum Gasteiger partial charge on any atom is 0.226 e. The molecule has 0 bridgehead atoms. The van der Waals surface area contributed by atoms with Gasteiger partial charge in [-0.25, -0.2) is 0 Å². The lowest BCUT2D eigenvalue weighted by Gasteiger charge is -2.60. The van der Waals surface area contributed by atoms with Crippen molar-refractivity contribution in [3.05, 3.63) is 0 Å². The summed E-state index contributed by atoms with van der Waals surface area (Å²) in [5, 5.41) is 3.33. The normalized spacial score (nSPS) is 44.1. The molecule has 0 spiro atoms. The van der Waals surface area contributed by atoms with E-state index in [-0.39, 0.29) is 34.7 Å². The molecule has 2 amide bonds. The Labute approximate surface area is 177 Å². The molecule has 4 aliphatic rings. The Morgan fingerprint density at radius 2 is 1.59 bits per heavy atom. The fraction of sp³-hybridized carbons (Fsp3) is 0.920. The highest BCUT2D eigenvalue weighted by molar-refractivity contribution is 5.81. The summed E-state index contributed by atoms with van der Waals surface area (Å²) in [7, 11) is 0. The van der Waals surface area contributed by atoms with Gasteiger partial charge in [0.2, 0.25) is 11.8 Å². The Morgan fingerprint density at radius 3 is 2.24 bits per heavy atom. The number of nitrogens with one attached hydrogen (secondary N) is 1. The third kappa shape index (κ3) is 3.15. The van der Waals surface area contributed by atoms with Crippen molar-refractivity contribution in [3.63, 3.8) is 0 Å². The van der Waals surface area contributed by atoms with Gasteiger partial charge in [-0.05, 0) is 101 Å². The van der Waals surface area contributed by atoms with Gasteiger partial charge in [0.05, 0.1) is 0 Å². The number of hydrogen-bond donors (Lipinski definition) is 1. The van der Waals surface area contributed by atoms with Crippen molar-refractivity contribution < 1.29 is 9.59 Å². The van der Waals surface area contributed by atoms with E-state index in [2.05, 4.69) is 51.8 Å². The molecular formula is C25H42N2O2. The Hall–Kier alpha value is -1.06. The van der Waals surface area contributed by atoms with E-state index in [1.807, 2.05) is 0 Å². The summed E-state index contributed by atoms with van der Waals surface area (Å²) in [5.41, 5.74) is 0.406. The summed E-state index contributed by atoms with van der Waals surface area (Å²) in [6, 6.07) is 0.897. The van der Waals surface area contributed by atoms with E-state index in [1.165, 1.54) is 25.7 Å². The Balaban J connectivity index is 1.57. The van der Waals surface area contributed by atoms with Crippen LogP contribution in [0, 0.1) is 34.5 Å². The van der Waals surface area contributed by atoms with E-state index in [1.54, 1.807) is 0 Å². The monoisotopic (exact) mass is 402 g/mol. The standard InChI is InChI=1S/C25H42N2O2/c1-15(2)27(16(3)4)23(29)20-9-8-18-17-7-10-21-25(6,14-12-22(28)26-21)19(17)11-13-24(18,20)5/h15-21H,7-14H2,1-6H3,(H,26,28)/t17-,18-,19-,20?,21?,24-,25+/m0/s1. The first-order valence-corrected chi connectivity index (χ1v) is 12.2. The lowest BCUT2D eigenvalue weighted by Crippen LogP contribution is -2.61. The second-order valence-electron chi connectivity index (χ2n) is 11.7. The van der Waals surface area contributed by atoms with Crippen LogP contribution in [-0.4, -0.2) is 34.8 Å². The van der Waals surface area contributed by atoms with Crippen molar-refractivity contribution in [2.24, 2.45) is 34.5 Å². The first kappa shape index (κ1) is 21.2. The van der Waals surface area contributed by atoms with Crippen molar-refractivity contribution in [1.82, 2.24) is 10.2 Å². The molecule has 1 aliphatic heterocycles. The van der Waals surface area contributed by atoms with E-state index >= 15 is 0 Å². The summed E-state index contributed by atoms with van der Waals surface area (Å²) in [6.07, 6.45) is 8.77. The summed E-state index contributed by atoms with van der Waals surface area (Å²) >= 11 is 0. The third-order valence-electron chi connectivity index (χ3n) is 9.76. The Kier molecular flexibility index (Phi) is 5.31. The number of nitrogens with zero attached hydrogens (tertiary/aromatic N) is 1. The molecule has 0 radical (unpaired) electrons. The van der Waals surface area contributed by atoms with Crippen LogP contribution in [0.1, 0.15) is 92.9 Å². The molecule has 1 saturated heterocycles. The molecule has 4 rings (SSSR count). The molecule has 0 aromatic carbocycles. The van der Waals surface area contributed by atoms with Crippen LogP contribution in [0.15, 0.2) is 0 Å². The molecule has 4 heteroatoms. The quantitative estimate of drug-likeness (QED) is 0.739. The zero-order chi connectivity index (χ0) is 21.1. The van der Waals surface area contributed by atoms with E-state index in [0.29, 0.717) is 30.2 Å². The number of amides is 2. The van der Waals surface area contributed by atoms with Gasteiger partial charge >= 0.3 is 0 Å². The highest BCUT2D eigenvalue weighted by atomic mass is 16.2. The first-order chi connectivity index (χ1) is 13.6. The van der Waals surface area contributed by atoms with Gasteiger partial charge in [-0.15, -0.1) is 0 Å². The van der Waals surface area contributed by atoms with Crippen LogP contribution < -0.4 is 5.32 Å². The predicted molar refractivity (Wildman–Crippen MR) is 116 cm³/mol. The SMILES string of the molecule is CC(C)N(C(=O)C1CC[C@H]2[C@@H]3CCC4NC(=O)CC[C@]4(C)[C@H]3CC[C@]12C)C(C)C. The number of hydrogen-bond acceptors (Lipinski definition) is 2. The molecule has 2 unspecified atom stereocenters. The van der Waals surface area contributed by atoms with Crippen molar-refractivity contribution in [1.29, 1.82) is 0 Å². The Morgan fingerprint density at radius 1 is 0.931 bits per heavy atom. The van der Waals surface area contributed by atoms with Gasteiger partial charge in [-0.2, -0.15) is 0 Å². The topological polar surface area (TPSA) is 49.4 Å². The zero-order valence-corrected chi connectivity index (χ0v) is 19.5. The number of rotatable bonds is 3. The van der Waals surface area contributed by atoms with E-state index in [4.69, 9.17) is 0 Å². The van der Waals surface area contributed by atoms with Gasteiger partial charge in [0, 0.05) is 30.5 Å². The molecule has 164 valence electrons. The largest absolute Gasteiger partial charge is 0.353 e. The van der Waals surface area contributed by atoms with E-state index in [0.717, 1.165) is 25.2 Å². The van der Waals surface area contributed by atoms with Crippen LogP contribution in [0.5, 0.6) is 0 Å². The van der Waals surface area contributed by atoms with Crippen LogP contribution in [-0.2, 0) is 9.59 Å². The van der Waals surface area contributed by atoms with Gasteiger partial charge in [0.1, 0.15) is 0 Å². The summed E-state index contributed by atoms with van der Waals surface area (Å²) in [6.45, 7) is 13.5. The van der Waals surface area contributed by atoms with E-state index < -0.39 is 0 Å². The summed E-state index contributed by atoms with van der Waals surface area (Å²) in [4.78, 5) is 27.8. The molecule has 1 heterocycles. The van der Waals surface area contributed by atoms with Crippen LogP contribution in [0.3, 0.4) is 0 Å². The molecular weight excluding hydrogens is 360 g/mol. The van der Waals surface area contributed by atoms with Crippen molar-refractivity contribution >= 4 is 11.8 Å². The summed E-state index contributed by atoms with van der Waals surface area (Å²) < 4.78 is 0. The fourth-order valence-corrected chi connectivity index (χ4v) is 8.39. The van der Waals surface area contributed by atoms with Gasteiger partial charge in [-0.3, -0.25) is 9.59 Å². The minimum absolute atomic E-state index is 0.154. The maximum absolute atomic E-state index is 13.7. The van der Waals surface area contributed by atoms with Gasteiger partial charge in [0.25, 0.3) is 0 Å². The molecule has 29 heavy (non-hydrogen) atoms. The van der Waals surface area contributed by atoms with Crippen LogP contribution in [0.2, 0.25) is 0 Å². The second kappa shape index (κ2) is 7.27. The minimum atomic E-state index is 0.154. The lowest BCUT2D eigenvalue weighted by molar-refractivity contribution is -0.150. The number of carbonyl (C=O) groups is 2. The van der Waals surface area contributed by atoms with Crippen molar-refractivity contribution in [2.45, 2.75) is 111 Å². The molecule has 4 nitrogen and oxygen atoms in total. The van der Waals surface area contributed by atoms with Crippen LogP contribution >= 0.6 is 0 Å². The van der Waals surface area contributed by atoms with Crippen molar-refractivity contribution in [3.8, 4) is 0 Å². The Bertz CT molecular complexity index is 666. The minimum Gasteiger partial charge on any atom is -0.353 e. The molecule has 3 aliphatic carbocycles. The average Bonchev–Trinajstić information content (AvgIpc) is 2.99. The molecule has 7 atom stereocenters. The zero-order valence-electron chi connectivity index (χ0n) is 19.5. The van der Waals surface area contributed by atoms with Gasteiger partial charge in [0.15, 0.2) is 0 Å². The van der Waals surface area contributed by atoms with Crippen molar-refractivity contribution in [2.75, 3.05) is 0 Å². The molecule has 4 fully saturated rings. The number of piperidine rings is 1. The first-order valence-electron chi connectivity index (χ1n) is 12.2. The number of fused-ring (bicyclic) bond motifs is 5. The highest BCUT2D eigenvalue weighted by Gasteiger charge is 2.61. The van der Waals surface area contributed by atoms with Crippen LogP contribution in [0.4, 0.5) is 0 Å². The third-order valence-corrected chi connectivity index (χ3v) is 9.76. The second-order valence-corrected chi connectivity index (χ2v) is 11.7. The highest BCUT2D eigenvalue weighted by Crippen LogP contribution is 2.65. The van der Waals surface area contributed by atoms with E-state index in [9.17, 15) is 9.59 Å². The maximum atomic E-state index is 13.7. The fourth-order valence-electron chi connectivity index (χ4n) is 8.39. The smallest absolute Gasteiger partial charge is 0.226 e.